The van der Waals surface area contributed by atoms with Crippen molar-refractivity contribution < 1.29 is 33.0 Å². The quantitative estimate of drug-likeness (QED) is 0.326. The largest absolute Gasteiger partial charge is 0.561 e. The van der Waals surface area contributed by atoms with Crippen LogP contribution >= 0.6 is 0 Å². The second kappa shape index (κ2) is 8.92. The Hall–Kier alpha value is -1.90. The van der Waals surface area contributed by atoms with Crippen LogP contribution in [0, 0.1) is 0 Å². The molecule has 1 aromatic rings. The van der Waals surface area contributed by atoms with Crippen LogP contribution in [-0.4, -0.2) is 50.5 Å². The van der Waals surface area contributed by atoms with Gasteiger partial charge in [-0.25, -0.2) is 4.79 Å². The molecule has 0 saturated carbocycles. The molecule has 0 bridgehead atoms. The molecule has 1 amide bonds. The highest BCUT2D eigenvalue weighted by atomic mass is 28.4. The van der Waals surface area contributed by atoms with Crippen molar-refractivity contribution in [2.45, 2.75) is 84.3 Å². The van der Waals surface area contributed by atoms with Gasteiger partial charge in [0.05, 0.1) is 12.7 Å². The van der Waals surface area contributed by atoms with Gasteiger partial charge in [-0.15, -0.1) is 0 Å². The van der Waals surface area contributed by atoms with E-state index < -0.39 is 32.2 Å². The molecular weight excluding hydrogens is 414 g/mol. The molecule has 1 heterocycles. The number of esters is 1. The number of carbonyl (C=O) groups is 2. The zero-order valence-electron chi connectivity index (χ0n) is 20.4. The van der Waals surface area contributed by atoms with Gasteiger partial charge in [-0.05, 0) is 67.8 Å². The summed E-state index contributed by atoms with van der Waals surface area (Å²) in [4.78, 5) is 31.5. The zero-order valence-corrected chi connectivity index (χ0v) is 21.4. The van der Waals surface area contributed by atoms with E-state index in [1.54, 1.807) is 24.3 Å². The van der Waals surface area contributed by atoms with Crippen LogP contribution in [0.15, 0.2) is 24.3 Å². The third-order valence-corrected chi connectivity index (χ3v) is 10.4. The molecule has 1 saturated heterocycles. The van der Waals surface area contributed by atoms with Gasteiger partial charge in [0, 0.05) is 12.8 Å². The molecule has 1 aliphatic heterocycles. The second-order valence-corrected chi connectivity index (χ2v) is 15.3. The number of hydrogen-bond donors (Lipinski definition) is 0. The van der Waals surface area contributed by atoms with E-state index in [1.807, 2.05) is 20.8 Å². The first kappa shape index (κ1) is 25.4. The molecule has 174 valence electrons. The molecule has 0 spiro atoms. The van der Waals surface area contributed by atoms with E-state index in [0.29, 0.717) is 24.3 Å². The minimum absolute atomic E-state index is 0.0126. The SMILES string of the molecule is COC(=O)c1ccc(O[N+]2(C(=O)OC(C)(C)C)CCCC2O[Si](C)(C)C(C)(C)C)cc1. The Labute approximate surface area is 187 Å². The summed E-state index contributed by atoms with van der Waals surface area (Å²) in [5.74, 6) is 0.0344. The summed E-state index contributed by atoms with van der Waals surface area (Å²) in [6.07, 6.45) is 0.548. The summed E-state index contributed by atoms with van der Waals surface area (Å²) in [6, 6.07) is 6.57. The standard InChI is InChI=1S/C23H38NO6Si/c1-22(2,3)28-21(26)24(29-18-14-12-17(13-15-18)20(25)27-7)16-10-11-19(24)30-31(8,9)23(4,5)6/h12-15,19H,10-11,16H2,1-9H3/q+1. The lowest BCUT2D eigenvalue weighted by atomic mass is 10.2. The zero-order chi connectivity index (χ0) is 23.7. The highest BCUT2D eigenvalue weighted by molar-refractivity contribution is 6.74. The number of ether oxygens (including phenoxy) is 2. The summed E-state index contributed by atoms with van der Waals surface area (Å²) in [6.45, 7) is 16.8. The Balaban J connectivity index is 2.41. The van der Waals surface area contributed by atoms with E-state index in [0.717, 1.165) is 6.42 Å². The third kappa shape index (κ3) is 5.87. The van der Waals surface area contributed by atoms with Gasteiger partial charge < -0.3 is 18.7 Å². The average molecular weight is 453 g/mol. The third-order valence-electron chi connectivity index (χ3n) is 5.89. The number of quaternary nitrogens is 1. The number of likely N-dealkylation sites (tertiary alicyclic amines) is 1. The van der Waals surface area contributed by atoms with Crippen molar-refractivity contribution in [3.63, 3.8) is 0 Å². The van der Waals surface area contributed by atoms with Crippen molar-refractivity contribution in [1.82, 2.24) is 0 Å². The lowest BCUT2D eigenvalue weighted by Gasteiger charge is -2.42. The van der Waals surface area contributed by atoms with Gasteiger partial charge in [-0.1, -0.05) is 20.8 Å². The summed E-state index contributed by atoms with van der Waals surface area (Å²) in [7, 11) is -0.838. The Morgan fingerprint density at radius 2 is 1.61 bits per heavy atom. The number of carbonyl (C=O) groups excluding carboxylic acids is 2. The first-order chi connectivity index (χ1) is 14.1. The minimum atomic E-state index is -2.17. The first-order valence-electron chi connectivity index (χ1n) is 10.8. The van der Waals surface area contributed by atoms with Crippen molar-refractivity contribution >= 4 is 20.4 Å². The van der Waals surface area contributed by atoms with Crippen LogP contribution in [0.1, 0.15) is 64.7 Å². The maximum Gasteiger partial charge on any atom is 0.561 e. The average Bonchev–Trinajstić information content (AvgIpc) is 3.02. The summed E-state index contributed by atoms with van der Waals surface area (Å²) >= 11 is 0. The lowest BCUT2D eigenvalue weighted by molar-refractivity contribution is -1.04. The van der Waals surface area contributed by atoms with Gasteiger partial charge in [0.25, 0.3) is 0 Å². The van der Waals surface area contributed by atoms with E-state index in [2.05, 4.69) is 33.9 Å². The van der Waals surface area contributed by atoms with Crippen molar-refractivity contribution in [3.05, 3.63) is 29.8 Å². The van der Waals surface area contributed by atoms with Crippen LogP contribution in [-0.2, 0) is 13.9 Å². The Morgan fingerprint density at radius 3 is 2.10 bits per heavy atom. The van der Waals surface area contributed by atoms with Crippen LogP contribution < -0.4 is 4.84 Å². The van der Waals surface area contributed by atoms with Crippen molar-refractivity contribution in [1.29, 1.82) is 0 Å². The van der Waals surface area contributed by atoms with Crippen LogP contribution in [0.5, 0.6) is 5.75 Å². The maximum atomic E-state index is 13.4. The minimum Gasteiger partial charge on any atom is -0.465 e. The normalized spacial score (nSPS) is 22.2. The van der Waals surface area contributed by atoms with Crippen LogP contribution in [0.25, 0.3) is 0 Å². The summed E-state index contributed by atoms with van der Waals surface area (Å²) in [5.41, 5.74) is -0.251. The molecule has 1 aliphatic rings. The summed E-state index contributed by atoms with van der Waals surface area (Å²) < 4.78 is 16.8. The van der Waals surface area contributed by atoms with Crippen LogP contribution in [0.4, 0.5) is 4.79 Å². The van der Waals surface area contributed by atoms with Crippen LogP contribution in [0.3, 0.4) is 0 Å². The molecule has 7 nitrogen and oxygen atoms in total. The number of rotatable bonds is 5. The topological polar surface area (TPSA) is 71.1 Å². The van der Waals surface area contributed by atoms with Gasteiger partial charge in [-0.3, -0.25) is 0 Å². The molecule has 2 unspecified atom stereocenters. The van der Waals surface area contributed by atoms with E-state index in [9.17, 15) is 9.59 Å². The lowest BCUT2D eigenvalue weighted by Crippen LogP contribution is -2.63. The molecule has 1 aromatic carbocycles. The van der Waals surface area contributed by atoms with Crippen LogP contribution in [0.2, 0.25) is 18.1 Å². The molecule has 0 aliphatic carbocycles. The first-order valence-corrected chi connectivity index (χ1v) is 13.7. The smallest absolute Gasteiger partial charge is 0.465 e. The number of benzene rings is 1. The number of hydroxylamine groups is 3. The van der Waals surface area contributed by atoms with Crippen molar-refractivity contribution in [2.75, 3.05) is 13.7 Å². The van der Waals surface area contributed by atoms with Crippen molar-refractivity contribution in [3.8, 4) is 5.75 Å². The second-order valence-electron chi connectivity index (χ2n) is 10.6. The van der Waals surface area contributed by atoms with Gasteiger partial charge >= 0.3 is 12.1 Å². The van der Waals surface area contributed by atoms with Crippen molar-refractivity contribution in [2.24, 2.45) is 0 Å². The maximum absolute atomic E-state index is 13.4. The fraction of sp³-hybridized carbons (Fsp3) is 0.652. The predicted molar refractivity (Wildman–Crippen MR) is 121 cm³/mol. The number of amides is 1. The van der Waals surface area contributed by atoms with E-state index in [-0.39, 0.29) is 9.68 Å². The Kier molecular flexibility index (Phi) is 7.29. The number of nitrogens with zero attached hydrogens (tertiary/aromatic N) is 1. The molecule has 31 heavy (non-hydrogen) atoms. The van der Waals surface area contributed by atoms with Gasteiger partial charge in [0.15, 0.2) is 14.1 Å². The van der Waals surface area contributed by atoms with E-state index in [4.69, 9.17) is 18.7 Å². The molecule has 2 rings (SSSR count). The Bertz CT molecular complexity index is 794. The highest BCUT2D eigenvalue weighted by Gasteiger charge is 2.58. The molecule has 0 radical (unpaired) electrons. The molecule has 1 fully saturated rings. The van der Waals surface area contributed by atoms with Gasteiger partial charge in [0.2, 0.25) is 6.23 Å². The highest BCUT2D eigenvalue weighted by Crippen LogP contribution is 2.42. The van der Waals surface area contributed by atoms with E-state index in [1.165, 1.54) is 7.11 Å². The fourth-order valence-electron chi connectivity index (χ4n) is 3.16. The molecule has 0 aromatic heterocycles. The monoisotopic (exact) mass is 452 g/mol. The van der Waals surface area contributed by atoms with Gasteiger partial charge in [0.1, 0.15) is 12.1 Å². The molecular formula is C23H38NO6Si+. The van der Waals surface area contributed by atoms with Gasteiger partial charge in [-0.2, -0.15) is 4.79 Å². The van der Waals surface area contributed by atoms with E-state index >= 15 is 0 Å². The molecule has 2 atom stereocenters. The predicted octanol–water partition coefficient (Wildman–Crippen LogP) is 5.66. The fourth-order valence-corrected chi connectivity index (χ4v) is 4.48. The molecule has 0 N–H and O–H groups in total. The summed E-state index contributed by atoms with van der Waals surface area (Å²) in [5, 5.41) is -0.0126. The Morgan fingerprint density at radius 1 is 1.03 bits per heavy atom. The number of hydrogen-bond acceptors (Lipinski definition) is 6. The number of methoxy groups -OCH3 is 1. The molecule has 8 heteroatoms.